The summed E-state index contributed by atoms with van der Waals surface area (Å²) in [7, 11) is -3.05. The van der Waals surface area contributed by atoms with Crippen LogP contribution in [0.5, 0.6) is 0 Å². The maximum atomic E-state index is 11.6. The number of carboxylic acids is 1. The van der Waals surface area contributed by atoms with Crippen LogP contribution in [0.4, 0.5) is 0 Å². The minimum absolute atomic E-state index is 0.267. The van der Waals surface area contributed by atoms with Crippen LogP contribution in [-0.2, 0) is 24.3 Å². The van der Waals surface area contributed by atoms with E-state index in [2.05, 4.69) is 4.74 Å². The molecule has 0 bridgehead atoms. The third kappa shape index (κ3) is 4.68. The first kappa shape index (κ1) is 15.1. The summed E-state index contributed by atoms with van der Waals surface area (Å²) in [6.07, 6.45) is 0. The molecular formula is C11H13NO6S. The molecule has 0 heterocycles. The average molecular weight is 287 g/mol. The molecule has 19 heavy (non-hydrogen) atoms. The molecule has 0 aliphatic carbocycles. The van der Waals surface area contributed by atoms with Crippen LogP contribution in [-0.4, -0.2) is 38.3 Å². The molecule has 1 atom stereocenters. The Kier molecular flexibility index (Phi) is 5.02. The van der Waals surface area contributed by atoms with E-state index in [0.29, 0.717) is 0 Å². The predicted octanol–water partition coefficient (Wildman–Crippen LogP) is -0.0953. The van der Waals surface area contributed by atoms with Gasteiger partial charge in [-0.2, -0.15) is 4.72 Å². The number of hydrogen-bond acceptors (Lipinski definition) is 5. The molecule has 0 unspecified atom stereocenters. The average Bonchev–Trinajstić information content (AvgIpc) is 2.36. The maximum absolute atomic E-state index is 11.6. The van der Waals surface area contributed by atoms with Gasteiger partial charge in [0.1, 0.15) is 6.04 Å². The van der Waals surface area contributed by atoms with E-state index in [0.717, 1.165) is 7.11 Å². The van der Waals surface area contributed by atoms with Gasteiger partial charge in [-0.1, -0.05) is 30.3 Å². The lowest BCUT2D eigenvalue weighted by atomic mass is 10.1. The van der Waals surface area contributed by atoms with Crippen molar-refractivity contribution in [2.45, 2.75) is 6.04 Å². The highest BCUT2D eigenvalue weighted by Crippen LogP contribution is 2.14. The molecule has 0 saturated heterocycles. The molecule has 0 spiro atoms. The lowest BCUT2D eigenvalue weighted by molar-refractivity contribution is -0.140. The summed E-state index contributed by atoms with van der Waals surface area (Å²) in [5, 5.41) is 9.04. The van der Waals surface area contributed by atoms with E-state index in [9.17, 15) is 18.0 Å². The van der Waals surface area contributed by atoms with Gasteiger partial charge in [0.2, 0.25) is 10.0 Å². The second kappa shape index (κ2) is 6.30. The molecule has 8 heteroatoms. The fourth-order valence-corrected chi connectivity index (χ4v) is 2.45. The van der Waals surface area contributed by atoms with Crippen molar-refractivity contribution in [1.82, 2.24) is 4.72 Å². The molecular weight excluding hydrogens is 274 g/mol. The van der Waals surface area contributed by atoms with Crippen molar-refractivity contribution in [2.24, 2.45) is 0 Å². The number of carbonyl (C=O) groups is 2. The van der Waals surface area contributed by atoms with Crippen molar-refractivity contribution in [3.63, 3.8) is 0 Å². The highest BCUT2D eigenvalue weighted by Gasteiger charge is 2.27. The van der Waals surface area contributed by atoms with Gasteiger partial charge in [-0.15, -0.1) is 0 Å². The Morgan fingerprint density at radius 2 is 1.89 bits per heavy atom. The molecule has 0 amide bonds. The van der Waals surface area contributed by atoms with Crippen molar-refractivity contribution in [3.8, 4) is 0 Å². The third-order valence-electron chi connectivity index (χ3n) is 2.21. The number of nitrogens with one attached hydrogen (secondary N) is 1. The summed E-state index contributed by atoms with van der Waals surface area (Å²) in [6, 6.07) is 6.33. The van der Waals surface area contributed by atoms with Crippen molar-refractivity contribution >= 4 is 22.0 Å². The number of benzene rings is 1. The zero-order valence-electron chi connectivity index (χ0n) is 10.1. The summed E-state index contributed by atoms with van der Waals surface area (Å²) in [4.78, 5) is 22.0. The highest BCUT2D eigenvalue weighted by molar-refractivity contribution is 7.90. The van der Waals surface area contributed by atoms with Gasteiger partial charge in [-0.3, -0.25) is 9.59 Å². The minimum atomic E-state index is -4.09. The van der Waals surface area contributed by atoms with Crippen molar-refractivity contribution in [1.29, 1.82) is 0 Å². The SMILES string of the molecule is COC(=O)CS(=O)(=O)N[C@@H](C(=O)O)c1ccccc1. The molecule has 0 saturated carbocycles. The number of carboxylic acid groups (broad SMARTS) is 1. The van der Waals surface area contributed by atoms with Gasteiger partial charge < -0.3 is 9.84 Å². The summed E-state index contributed by atoms with van der Waals surface area (Å²) >= 11 is 0. The monoisotopic (exact) mass is 287 g/mol. The zero-order chi connectivity index (χ0) is 14.5. The Balaban J connectivity index is 2.92. The second-order valence-electron chi connectivity index (χ2n) is 3.64. The molecule has 7 nitrogen and oxygen atoms in total. The summed E-state index contributed by atoms with van der Waals surface area (Å²) < 4.78 is 29.4. The number of esters is 1. The van der Waals surface area contributed by atoms with Gasteiger partial charge in [0, 0.05) is 0 Å². The smallest absolute Gasteiger partial charge is 0.326 e. The molecule has 1 rings (SSSR count). The first-order valence-corrected chi connectivity index (χ1v) is 6.85. The third-order valence-corrected chi connectivity index (χ3v) is 3.42. The van der Waals surface area contributed by atoms with Crippen LogP contribution in [0.15, 0.2) is 30.3 Å². The summed E-state index contributed by atoms with van der Waals surface area (Å²) in [5.74, 6) is -3.26. The van der Waals surface area contributed by atoms with Gasteiger partial charge >= 0.3 is 11.9 Å². The number of hydrogen-bond donors (Lipinski definition) is 2. The van der Waals surface area contributed by atoms with Gasteiger partial charge in [-0.05, 0) is 5.56 Å². The van der Waals surface area contributed by atoms with Crippen molar-refractivity contribution < 1.29 is 27.9 Å². The summed E-state index contributed by atoms with van der Waals surface area (Å²) in [6.45, 7) is 0. The number of aliphatic carboxylic acids is 1. The van der Waals surface area contributed by atoms with Gasteiger partial charge in [-0.25, -0.2) is 8.42 Å². The zero-order valence-corrected chi connectivity index (χ0v) is 10.9. The molecule has 1 aromatic carbocycles. The van der Waals surface area contributed by atoms with E-state index in [1.165, 1.54) is 12.1 Å². The number of carbonyl (C=O) groups excluding carboxylic acids is 1. The lowest BCUT2D eigenvalue weighted by Gasteiger charge is -2.14. The number of methoxy groups -OCH3 is 1. The van der Waals surface area contributed by atoms with Crippen LogP contribution in [0, 0.1) is 0 Å². The number of rotatable bonds is 6. The molecule has 0 aliphatic heterocycles. The Labute approximate surface area is 110 Å². The summed E-state index contributed by atoms with van der Waals surface area (Å²) in [5.41, 5.74) is 0.267. The Hall–Kier alpha value is -1.93. The van der Waals surface area contributed by atoms with Gasteiger partial charge in [0.15, 0.2) is 5.75 Å². The quantitative estimate of drug-likeness (QED) is 0.707. The molecule has 0 aromatic heterocycles. The first-order chi connectivity index (χ1) is 8.85. The van der Waals surface area contributed by atoms with Gasteiger partial charge in [0.05, 0.1) is 7.11 Å². The van der Waals surface area contributed by atoms with E-state index in [-0.39, 0.29) is 5.56 Å². The largest absolute Gasteiger partial charge is 0.480 e. The van der Waals surface area contributed by atoms with E-state index in [1.54, 1.807) is 18.2 Å². The van der Waals surface area contributed by atoms with E-state index in [4.69, 9.17) is 5.11 Å². The van der Waals surface area contributed by atoms with Crippen molar-refractivity contribution in [3.05, 3.63) is 35.9 Å². The van der Waals surface area contributed by atoms with Crippen molar-refractivity contribution in [2.75, 3.05) is 12.9 Å². The fourth-order valence-electron chi connectivity index (χ4n) is 1.34. The number of sulfonamides is 1. The van der Waals surface area contributed by atoms with Gasteiger partial charge in [0.25, 0.3) is 0 Å². The Bertz CT molecular complexity index is 554. The second-order valence-corrected chi connectivity index (χ2v) is 5.39. The van der Waals surface area contributed by atoms with E-state index in [1.807, 2.05) is 4.72 Å². The van der Waals surface area contributed by atoms with E-state index >= 15 is 0 Å². The molecule has 0 fully saturated rings. The lowest BCUT2D eigenvalue weighted by Crippen LogP contribution is -2.37. The molecule has 2 N–H and O–H groups in total. The predicted molar refractivity (Wildman–Crippen MR) is 65.8 cm³/mol. The van der Waals surface area contributed by atoms with Crippen LogP contribution >= 0.6 is 0 Å². The highest BCUT2D eigenvalue weighted by atomic mass is 32.2. The van der Waals surface area contributed by atoms with E-state index < -0.39 is 33.8 Å². The maximum Gasteiger partial charge on any atom is 0.326 e. The fraction of sp³-hybridized carbons (Fsp3) is 0.273. The minimum Gasteiger partial charge on any atom is -0.480 e. The van der Waals surface area contributed by atoms with Crippen LogP contribution in [0.1, 0.15) is 11.6 Å². The molecule has 0 aliphatic rings. The van der Waals surface area contributed by atoms with Crippen LogP contribution in [0.2, 0.25) is 0 Å². The topological polar surface area (TPSA) is 110 Å². The van der Waals surface area contributed by atoms with Crippen LogP contribution < -0.4 is 4.72 Å². The number of ether oxygens (including phenoxy) is 1. The first-order valence-electron chi connectivity index (χ1n) is 5.20. The van der Waals surface area contributed by atoms with Crippen LogP contribution in [0.3, 0.4) is 0 Å². The Morgan fingerprint density at radius 3 is 2.37 bits per heavy atom. The molecule has 0 radical (unpaired) electrons. The standard InChI is InChI=1S/C11H13NO6S/c1-18-9(13)7-19(16,17)12-10(11(14)15)8-5-3-2-4-6-8/h2-6,10,12H,7H2,1H3,(H,14,15)/t10-/m1/s1. The molecule has 104 valence electrons. The van der Waals surface area contributed by atoms with Crippen LogP contribution in [0.25, 0.3) is 0 Å². The Morgan fingerprint density at radius 1 is 1.32 bits per heavy atom. The molecule has 1 aromatic rings. The normalized spacial score (nSPS) is 12.7.